The molecule has 0 unspecified atom stereocenters. The SMILES string of the molecule is C=NS(=O)(=O)c1c(C(C)C)cc(C(C)C)cc1C(C)C. The Bertz CT molecular complexity index is 570. The number of nitrogens with zero attached hydrogens (tertiary/aromatic N) is 1. The minimum absolute atomic E-state index is 0.123. The van der Waals surface area contributed by atoms with Gasteiger partial charge in [0.15, 0.2) is 0 Å². The van der Waals surface area contributed by atoms with Gasteiger partial charge in [-0.25, -0.2) is 0 Å². The molecule has 1 aromatic rings. The highest BCUT2D eigenvalue weighted by Gasteiger charge is 2.25. The predicted molar refractivity (Wildman–Crippen MR) is 85.4 cm³/mol. The first kappa shape index (κ1) is 16.9. The van der Waals surface area contributed by atoms with Gasteiger partial charge in [0, 0.05) is 6.72 Å². The lowest BCUT2D eigenvalue weighted by Gasteiger charge is -2.21. The Morgan fingerprint density at radius 2 is 1.30 bits per heavy atom. The maximum Gasteiger partial charge on any atom is 0.282 e. The van der Waals surface area contributed by atoms with Gasteiger partial charge in [-0.05, 0) is 34.4 Å². The number of hydrogen-bond acceptors (Lipinski definition) is 2. The van der Waals surface area contributed by atoms with E-state index in [2.05, 4.69) is 25.0 Å². The normalized spacial score (nSPS) is 12.4. The van der Waals surface area contributed by atoms with Crippen molar-refractivity contribution in [3.63, 3.8) is 0 Å². The van der Waals surface area contributed by atoms with Gasteiger partial charge in [-0.2, -0.15) is 12.8 Å². The van der Waals surface area contributed by atoms with Crippen LogP contribution in [0.2, 0.25) is 0 Å². The van der Waals surface area contributed by atoms with Gasteiger partial charge in [-0.1, -0.05) is 53.7 Å². The molecule has 1 aromatic carbocycles. The molecule has 0 aliphatic rings. The van der Waals surface area contributed by atoms with Crippen molar-refractivity contribution < 1.29 is 8.42 Å². The lowest BCUT2D eigenvalue weighted by atomic mass is 9.89. The Labute approximate surface area is 123 Å². The number of rotatable bonds is 5. The van der Waals surface area contributed by atoms with E-state index in [9.17, 15) is 8.42 Å². The molecule has 4 heteroatoms. The van der Waals surface area contributed by atoms with Crippen LogP contribution in [0, 0.1) is 0 Å². The van der Waals surface area contributed by atoms with E-state index >= 15 is 0 Å². The fourth-order valence-corrected chi connectivity index (χ4v) is 3.57. The van der Waals surface area contributed by atoms with Crippen molar-refractivity contribution in [2.24, 2.45) is 4.40 Å². The first-order chi connectivity index (χ1) is 9.11. The summed E-state index contributed by atoms with van der Waals surface area (Å²) in [6, 6.07) is 4.00. The molecule has 20 heavy (non-hydrogen) atoms. The van der Waals surface area contributed by atoms with E-state index < -0.39 is 10.0 Å². The summed E-state index contributed by atoms with van der Waals surface area (Å²) in [5.74, 6) is 0.605. The molecule has 0 saturated heterocycles. The molecule has 0 atom stereocenters. The molecule has 0 heterocycles. The van der Waals surface area contributed by atoms with Gasteiger partial charge in [0.05, 0.1) is 4.90 Å². The zero-order valence-corrected chi connectivity index (χ0v) is 14.1. The van der Waals surface area contributed by atoms with Crippen molar-refractivity contribution in [1.29, 1.82) is 0 Å². The second-order valence-corrected chi connectivity index (χ2v) is 7.71. The van der Waals surface area contributed by atoms with E-state index in [4.69, 9.17) is 0 Å². The number of benzene rings is 1. The summed E-state index contributed by atoms with van der Waals surface area (Å²) in [6.45, 7) is 15.5. The third-order valence-electron chi connectivity index (χ3n) is 3.51. The molecular formula is C16H25NO2S. The van der Waals surface area contributed by atoms with Crippen molar-refractivity contribution in [3.05, 3.63) is 28.8 Å². The highest BCUT2D eigenvalue weighted by atomic mass is 32.2. The Balaban J connectivity index is 3.83. The summed E-state index contributed by atoms with van der Waals surface area (Å²) in [5, 5.41) is 0. The van der Waals surface area contributed by atoms with Gasteiger partial charge in [0.2, 0.25) is 0 Å². The summed E-state index contributed by atoms with van der Waals surface area (Å²) < 4.78 is 28.0. The van der Waals surface area contributed by atoms with E-state index in [1.165, 1.54) is 5.56 Å². The molecule has 0 spiro atoms. The van der Waals surface area contributed by atoms with Crippen LogP contribution in [-0.4, -0.2) is 15.1 Å². The molecule has 112 valence electrons. The summed E-state index contributed by atoms with van der Waals surface area (Å²) in [7, 11) is -3.68. The van der Waals surface area contributed by atoms with Crippen molar-refractivity contribution in [1.82, 2.24) is 0 Å². The molecule has 0 aliphatic carbocycles. The molecule has 3 nitrogen and oxygen atoms in total. The fraction of sp³-hybridized carbons (Fsp3) is 0.562. The average molecular weight is 295 g/mol. The molecule has 1 rings (SSSR count). The summed E-state index contributed by atoms with van der Waals surface area (Å²) in [6.07, 6.45) is 0. The monoisotopic (exact) mass is 295 g/mol. The molecule has 0 bridgehead atoms. The van der Waals surface area contributed by atoms with Gasteiger partial charge >= 0.3 is 0 Å². The van der Waals surface area contributed by atoms with Gasteiger partial charge in [-0.15, -0.1) is 0 Å². The van der Waals surface area contributed by atoms with E-state index in [1.807, 2.05) is 39.8 Å². The van der Waals surface area contributed by atoms with Crippen LogP contribution in [0.1, 0.15) is 76.0 Å². The predicted octanol–water partition coefficient (Wildman–Crippen LogP) is 4.45. The zero-order chi connectivity index (χ0) is 15.7. The van der Waals surface area contributed by atoms with Crippen LogP contribution in [0.25, 0.3) is 0 Å². The Kier molecular flexibility index (Phi) is 5.14. The topological polar surface area (TPSA) is 46.5 Å². The third-order valence-corrected chi connectivity index (χ3v) is 4.83. The lowest BCUT2D eigenvalue weighted by Crippen LogP contribution is -2.10. The Hall–Kier alpha value is -1.16. The van der Waals surface area contributed by atoms with Crippen LogP contribution in [-0.2, 0) is 10.0 Å². The summed E-state index contributed by atoms with van der Waals surface area (Å²) in [5.41, 5.74) is 2.85. The number of sulfonamides is 1. The van der Waals surface area contributed by atoms with Crippen LogP contribution in [0.5, 0.6) is 0 Å². The van der Waals surface area contributed by atoms with E-state index in [1.54, 1.807) is 0 Å². The standard InChI is InChI=1S/C16H25NO2S/c1-10(2)13-8-14(11(3)4)16(20(18,19)17-7)15(9-13)12(5)6/h8-12H,7H2,1-6H3. The maximum atomic E-state index is 12.3. The largest absolute Gasteiger partial charge is 0.282 e. The van der Waals surface area contributed by atoms with Crippen LogP contribution in [0.4, 0.5) is 0 Å². The first-order valence-electron chi connectivity index (χ1n) is 7.02. The van der Waals surface area contributed by atoms with Crippen molar-refractivity contribution in [2.45, 2.75) is 64.2 Å². The second kappa shape index (κ2) is 6.08. The lowest BCUT2D eigenvalue weighted by molar-refractivity contribution is 0.592. The molecular weight excluding hydrogens is 270 g/mol. The van der Waals surface area contributed by atoms with Crippen molar-refractivity contribution in [3.8, 4) is 0 Å². The maximum absolute atomic E-state index is 12.3. The van der Waals surface area contributed by atoms with Crippen LogP contribution >= 0.6 is 0 Å². The van der Waals surface area contributed by atoms with Crippen molar-refractivity contribution in [2.75, 3.05) is 0 Å². The first-order valence-corrected chi connectivity index (χ1v) is 8.46. The van der Waals surface area contributed by atoms with E-state index in [-0.39, 0.29) is 11.8 Å². The second-order valence-electron chi connectivity index (χ2n) is 6.10. The van der Waals surface area contributed by atoms with Gasteiger partial charge in [0.1, 0.15) is 0 Å². The highest BCUT2D eigenvalue weighted by Crippen LogP contribution is 2.35. The van der Waals surface area contributed by atoms with E-state index in [0.717, 1.165) is 11.1 Å². The molecule has 0 aliphatic heterocycles. The minimum Gasteiger partial charge on any atom is -0.199 e. The Morgan fingerprint density at radius 3 is 1.55 bits per heavy atom. The van der Waals surface area contributed by atoms with E-state index in [0.29, 0.717) is 10.8 Å². The fourth-order valence-electron chi connectivity index (χ4n) is 2.25. The summed E-state index contributed by atoms with van der Waals surface area (Å²) in [4.78, 5) is 0.349. The third kappa shape index (κ3) is 3.29. The molecule has 0 aromatic heterocycles. The zero-order valence-electron chi connectivity index (χ0n) is 13.3. The van der Waals surface area contributed by atoms with Crippen LogP contribution in [0.15, 0.2) is 21.4 Å². The van der Waals surface area contributed by atoms with Gasteiger partial charge in [0.25, 0.3) is 10.0 Å². The van der Waals surface area contributed by atoms with Crippen LogP contribution in [0.3, 0.4) is 0 Å². The number of hydrogen-bond donors (Lipinski definition) is 0. The quantitative estimate of drug-likeness (QED) is 0.754. The van der Waals surface area contributed by atoms with Gasteiger partial charge in [-0.3, -0.25) is 0 Å². The molecule has 0 amide bonds. The Morgan fingerprint density at radius 1 is 0.900 bits per heavy atom. The highest BCUT2D eigenvalue weighted by molar-refractivity contribution is 7.90. The molecule has 0 saturated carbocycles. The van der Waals surface area contributed by atoms with Crippen LogP contribution < -0.4 is 0 Å². The smallest absolute Gasteiger partial charge is 0.199 e. The molecule has 0 N–H and O–H groups in total. The summed E-state index contributed by atoms with van der Waals surface area (Å²) >= 11 is 0. The van der Waals surface area contributed by atoms with Gasteiger partial charge < -0.3 is 0 Å². The molecule has 0 radical (unpaired) electrons. The average Bonchev–Trinajstić information content (AvgIpc) is 2.36. The molecule has 0 fully saturated rings. The minimum atomic E-state index is -3.68. The van der Waals surface area contributed by atoms with Crippen molar-refractivity contribution >= 4 is 16.7 Å².